The van der Waals surface area contributed by atoms with E-state index >= 15 is 0 Å². The zero-order chi connectivity index (χ0) is 10.7. The first-order chi connectivity index (χ1) is 7.17. The molecule has 88 valence electrons. The first kappa shape index (κ1) is 11.4. The predicted octanol–water partition coefficient (Wildman–Crippen LogP) is 0.554. The molecule has 1 N–H and O–H groups in total. The molecule has 2 aliphatic rings. The first-order valence-corrected chi connectivity index (χ1v) is 7.54. The van der Waals surface area contributed by atoms with Gasteiger partial charge in [-0.15, -0.1) is 0 Å². The summed E-state index contributed by atoms with van der Waals surface area (Å²) in [4.78, 5) is 2.36. The molecule has 0 aromatic rings. The minimum Gasteiger partial charge on any atom is -0.298 e. The van der Waals surface area contributed by atoms with Crippen LogP contribution in [0.5, 0.6) is 0 Å². The summed E-state index contributed by atoms with van der Waals surface area (Å²) < 4.78 is 25.3. The van der Waals surface area contributed by atoms with E-state index in [0.717, 1.165) is 6.54 Å². The van der Waals surface area contributed by atoms with Gasteiger partial charge in [0, 0.05) is 25.7 Å². The van der Waals surface area contributed by atoms with Crippen molar-refractivity contribution in [3.8, 4) is 0 Å². The van der Waals surface area contributed by atoms with E-state index in [1.165, 1.54) is 32.1 Å². The molecule has 4 nitrogen and oxygen atoms in total. The van der Waals surface area contributed by atoms with E-state index in [9.17, 15) is 8.42 Å². The highest BCUT2D eigenvalue weighted by molar-refractivity contribution is 7.89. The molecule has 15 heavy (non-hydrogen) atoms. The molecule has 0 aromatic carbocycles. The molecular weight excluding hydrogens is 212 g/mol. The number of nitrogens with one attached hydrogen (secondary N) is 1. The fourth-order valence-electron chi connectivity index (χ4n) is 2.58. The summed E-state index contributed by atoms with van der Waals surface area (Å²) in [6.07, 6.45) is 6.46. The Bertz CT molecular complexity index is 297. The van der Waals surface area contributed by atoms with Crippen LogP contribution in [0.25, 0.3) is 0 Å². The number of rotatable bonds is 1. The summed E-state index contributed by atoms with van der Waals surface area (Å²) in [6.45, 7) is 2.17. The van der Waals surface area contributed by atoms with Crippen molar-refractivity contribution in [2.75, 3.05) is 25.4 Å². The summed E-state index contributed by atoms with van der Waals surface area (Å²) in [5.74, 6) is 0.267. The summed E-state index contributed by atoms with van der Waals surface area (Å²) in [7, 11) is -2.98. The lowest BCUT2D eigenvalue weighted by molar-refractivity contribution is 0.170. The maximum Gasteiger partial charge on any atom is 0.212 e. The zero-order valence-corrected chi connectivity index (χ0v) is 9.93. The Labute approximate surface area is 92.1 Å². The minimum absolute atomic E-state index is 0.267. The van der Waals surface area contributed by atoms with Gasteiger partial charge in [0.05, 0.1) is 5.75 Å². The molecule has 0 atom stereocenters. The molecule has 0 unspecified atom stereocenters. The number of sulfonamides is 1. The van der Waals surface area contributed by atoms with Crippen molar-refractivity contribution in [3.05, 3.63) is 0 Å². The Morgan fingerprint density at radius 3 is 2.53 bits per heavy atom. The summed E-state index contributed by atoms with van der Waals surface area (Å²) in [5.41, 5.74) is 0. The van der Waals surface area contributed by atoms with Crippen molar-refractivity contribution >= 4 is 10.0 Å². The molecule has 1 aliphatic carbocycles. The van der Waals surface area contributed by atoms with Crippen molar-refractivity contribution in [3.63, 3.8) is 0 Å². The van der Waals surface area contributed by atoms with E-state index in [2.05, 4.69) is 9.62 Å². The highest BCUT2D eigenvalue weighted by atomic mass is 32.2. The van der Waals surface area contributed by atoms with Crippen LogP contribution < -0.4 is 4.72 Å². The van der Waals surface area contributed by atoms with Crippen LogP contribution in [0.1, 0.15) is 32.1 Å². The molecule has 1 heterocycles. The van der Waals surface area contributed by atoms with Gasteiger partial charge in [0.1, 0.15) is 0 Å². The monoisotopic (exact) mass is 232 g/mol. The summed E-state index contributed by atoms with van der Waals surface area (Å²) in [6, 6.07) is 0.633. The molecule has 0 spiro atoms. The topological polar surface area (TPSA) is 49.4 Å². The Balaban J connectivity index is 1.92. The molecule has 1 saturated carbocycles. The third-order valence-corrected chi connectivity index (χ3v) is 4.82. The Kier molecular flexibility index (Phi) is 3.64. The van der Waals surface area contributed by atoms with Crippen LogP contribution in [0.2, 0.25) is 0 Å². The first-order valence-electron chi connectivity index (χ1n) is 5.89. The van der Waals surface area contributed by atoms with Crippen LogP contribution in [-0.2, 0) is 10.0 Å². The molecule has 0 bridgehead atoms. The van der Waals surface area contributed by atoms with Crippen LogP contribution in [0.15, 0.2) is 0 Å². The zero-order valence-electron chi connectivity index (χ0n) is 9.11. The Morgan fingerprint density at radius 1 is 1.07 bits per heavy atom. The van der Waals surface area contributed by atoms with Crippen molar-refractivity contribution in [1.29, 1.82) is 0 Å². The van der Waals surface area contributed by atoms with Gasteiger partial charge in [0.25, 0.3) is 0 Å². The van der Waals surface area contributed by atoms with Crippen LogP contribution in [0.3, 0.4) is 0 Å². The van der Waals surface area contributed by atoms with Gasteiger partial charge in [0.2, 0.25) is 10.0 Å². The lowest BCUT2D eigenvalue weighted by Gasteiger charge is -2.32. The van der Waals surface area contributed by atoms with Gasteiger partial charge in [-0.2, -0.15) is 0 Å². The van der Waals surface area contributed by atoms with Gasteiger partial charge in [-0.1, -0.05) is 19.3 Å². The summed E-state index contributed by atoms with van der Waals surface area (Å²) >= 11 is 0. The molecule has 0 radical (unpaired) electrons. The third-order valence-electron chi connectivity index (χ3n) is 3.46. The Morgan fingerprint density at radius 2 is 1.80 bits per heavy atom. The second kappa shape index (κ2) is 4.80. The minimum atomic E-state index is -2.98. The third kappa shape index (κ3) is 3.16. The SMILES string of the molecule is O=S1(=O)CCN(C2CCCCC2)CCN1. The molecule has 2 fully saturated rings. The number of nitrogens with zero attached hydrogens (tertiary/aromatic N) is 1. The second-order valence-corrected chi connectivity index (χ2v) is 6.47. The largest absolute Gasteiger partial charge is 0.298 e. The van der Waals surface area contributed by atoms with Crippen molar-refractivity contribution in [2.45, 2.75) is 38.1 Å². The lowest BCUT2D eigenvalue weighted by atomic mass is 9.94. The van der Waals surface area contributed by atoms with Gasteiger partial charge in [-0.3, -0.25) is 4.90 Å². The van der Waals surface area contributed by atoms with Crippen LogP contribution >= 0.6 is 0 Å². The highest BCUT2D eigenvalue weighted by Crippen LogP contribution is 2.22. The maximum atomic E-state index is 11.4. The lowest BCUT2D eigenvalue weighted by Crippen LogP contribution is -2.39. The maximum absolute atomic E-state index is 11.4. The van der Waals surface area contributed by atoms with E-state index in [1.807, 2.05) is 0 Å². The van der Waals surface area contributed by atoms with E-state index < -0.39 is 10.0 Å². The van der Waals surface area contributed by atoms with Crippen molar-refractivity contribution in [2.24, 2.45) is 0 Å². The smallest absolute Gasteiger partial charge is 0.212 e. The molecular formula is C10H20N2O2S. The van der Waals surface area contributed by atoms with E-state index in [1.54, 1.807) is 0 Å². The van der Waals surface area contributed by atoms with Crippen LogP contribution in [0.4, 0.5) is 0 Å². The predicted molar refractivity (Wildman–Crippen MR) is 60.2 cm³/mol. The highest BCUT2D eigenvalue weighted by Gasteiger charge is 2.25. The van der Waals surface area contributed by atoms with E-state index in [0.29, 0.717) is 19.1 Å². The van der Waals surface area contributed by atoms with Gasteiger partial charge in [-0.25, -0.2) is 13.1 Å². The average Bonchev–Trinajstić information content (AvgIpc) is 2.41. The van der Waals surface area contributed by atoms with E-state index in [-0.39, 0.29) is 5.75 Å². The molecule has 0 amide bonds. The number of hydrogen-bond acceptors (Lipinski definition) is 3. The fourth-order valence-corrected chi connectivity index (χ4v) is 3.60. The Hall–Kier alpha value is -0.130. The second-order valence-electron chi connectivity index (χ2n) is 4.54. The van der Waals surface area contributed by atoms with Gasteiger partial charge < -0.3 is 0 Å². The van der Waals surface area contributed by atoms with Crippen molar-refractivity contribution in [1.82, 2.24) is 9.62 Å². The van der Waals surface area contributed by atoms with Crippen LogP contribution in [-0.4, -0.2) is 44.7 Å². The average molecular weight is 232 g/mol. The molecule has 1 aliphatic heterocycles. The molecule has 0 aromatic heterocycles. The van der Waals surface area contributed by atoms with Crippen molar-refractivity contribution < 1.29 is 8.42 Å². The quantitative estimate of drug-likeness (QED) is 0.718. The molecule has 5 heteroatoms. The van der Waals surface area contributed by atoms with Gasteiger partial charge >= 0.3 is 0 Å². The number of hydrogen-bond donors (Lipinski definition) is 1. The fraction of sp³-hybridized carbons (Fsp3) is 1.00. The standard InChI is InChI=1S/C10H20N2O2S/c13-15(14)9-8-12(7-6-11-15)10-4-2-1-3-5-10/h10-11H,1-9H2. The molecule has 1 saturated heterocycles. The normalized spacial score (nSPS) is 29.9. The van der Waals surface area contributed by atoms with Crippen LogP contribution in [0, 0.1) is 0 Å². The van der Waals surface area contributed by atoms with Gasteiger partial charge in [0.15, 0.2) is 0 Å². The molecule has 2 rings (SSSR count). The van der Waals surface area contributed by atoms with E-state index in [4.69, 9.17) is 0 Å². The van der Waals surface area contributed by atoms with Gasteiger partial charge in [-0.05, 0) is 12.8 Å². The summed E-state index contributed by atoms with van der Waals surface area (Å²) in [5, 5.41) is 0.